The Balaban J connectivity index is 2.10. The lowest BCUT2D eigenvalue weighted by molar-refractivity contribution is 0.198. The van der Waals surface area contributed by atoms with Gasteiger partial charge in [-0.05, 0) is 50.7 Å². The van der Waals surface area contributed by atoms with E-state index in [4.69, 9.17) is 5.73 Å². The van der Waals surface area contributed by atoms with E-state index < -0.39 is 0 Å². The summed E-state index contributed by atoms with van der Waals surface area (Å²) in [5.74, 6) is 0.290. The van der Waals surface area contributed by atoms with Crippen molar-refractivity contribution in [1.29, 1.82) is 0 Å². The zero-order valence-corrected chi connectivity index (χ0v) is 10.3. The molecule has 1 fully saturated rings. The average Bonchev–Trinajstić information content (AvgIpc) is 2.32. The van der Waals surface area contributed by atoms with Gasteiger partial charge in [0.1, 0.15) is 5.75 Å². The van der Waals surface area contributed by atoms with Crippen LogP contribution < -0.4 is 11.1 Å². The minimum Gasteiger partial charge on any atom is -0.508 e. The number of nitrogens with two attached hydrogens (primary N) is 1. The first-order valence-corrected chi connectivity index (χ1v) is 6.09. The van der Waals surface area contributed by atoms with Gasteiger partial charge in [-0.1, -0.05) is 0 Å². The normalized spacial score (nSPS) is 25.8. The molecule has 4 nitrogen and oxygen atoms in total. The molecule has 2 rings (SSSR count). The number of aromatic hydroxyl groups is 1. The number of likely N-dealkylation sites (N-methyl/N-ethyl adjacent to an activating group) is 1. The zero-order valence-electron chi connectivity index (χ0n) is 10.3. The number of anilines is 1. The fraction of sp³-hybridized carbons (Fsp3) is 0.538. The third kappa shape index (κ3) is 2.90. The quantitative estimate of drug-likeness (QED) is 0.690. The van der Waals surface area contributed by atoms with Crippen molar-refractivity contribution < 1.29 is 5.11 Å². The van der Waals surface area contributed by atoms with E-state index in [1.54, 1.807) is 12.1 Å². The first-order chi connectivity index (χ1) is 8.13. The fourth-order valence-corrected chi connectivity index (χ4v) is 2.53. The Kier molecular flexibility index (Phi) is 3.54. The Labute approximate surface area is 102 Å². The van der Waals surface area contributed by atoms with E-state index in [1.165, 1.54) is 6.42 Å². The number of hydrogen-bond donors (Lipinski definition) is 3. The molecule has 1 aromatic rings. The van der Waals surface area contributed by atoms with Crippen molar-refractivity contribution in [1.82, 2.24) is 4.90 Å². The number of phenolic OH excluding ortho intramolecular Hbond substituents is 1. The smallest absolute Gasteiger partial charge is 0.115 e. The van der Waals surface area contributed by atoms with Gasteiger partial charge in [0.15, 0.2) is 0 Å². The second-order valence-electron chi connectivity index (χ2n) is 5.00. The largest absolute Gasteiger partial charge is 0.508 e. The van der Waals surface area contributed by atoms with Crippen LogP contribution in [-0.4, -0.2) is 42.2 Å². The number of nitrogens with zero attached hydrogens (tertiary/aromatic N) is 1. The number of benzene rings is 1. The summed E-state index contributed by atoms with van der Waals surface area (Å²) in [5, 5.41) is 12.8. The van der Waals surface area contributed by atoms with Crippen LogP contribution in [0.25, 0.3) is 0 Å². The SMILES string of the molecule is CN1CCCC(CN)(Nc2ccc(O)cc2)C1. The minimum atomic E-state index is -0.0377. The van der Waals surface area contributed by atoms with E-state index in [1.807, 2.05) is 12.1 Å². The van der Waals surface area contributed by atoms with E-state index in [0.29, 0.717) is 6.54 Å². The van der Waals surface area contributed by atoms with E-state index >= 15 is 0 Å². The van der Waals surface area contributed by atoms with Gasteiger partial charge < -0.3 is 21.1 Å². The molecule has 0 bridgehead atoms. The monoisotopic (exact) mass is 235 g/mol. The highest BCUT2D eigenvalue weighted by Gasteiger charge is 2.32. The van der Waals surface area contributed by atoms with Crippen molar-refractivity contribution in [3.63, 3.8) is 0 Å². The lowest BCUT2D eigenvalue weighted by atomic mass is 9.89. The first kappa shape index (κ1) is 12.2. The fourth-order valence-electron chi connectivity index (χ4n) is 2.53. The molecule has 4 N–H and O–H groups in total. The summed E-state index contributed by atoms with van der Waals surface area (Å²) in [4.78, 5) is 2.31. The molecule has 0 saturated carbocycles. The minimum absolute atomic E-state index is 0.0377. The Morgan fingerprint density at radius 3 is 2.71 bits per heavy atom. The molecule has 1 aliphatic heterocycles. The topological polar surface area (TPSA) is 61.5 Å². The van der Waals surface area contributed by atoms with E-state index in [-0.39, 0.29) is 11.3 Å². The van der Waals surface area contributed by atoms with Crippen molar-refractivity contribution >= 4 is 5.69 Å². The Morgan fingerprint density at radius 1 is 1.41 bits per heavy atom. The Hall–Kier alpha value is -1.26. The molecule has 1 aromatic carbocycles. The molecule has 94 valence electrons. The van der Waals surface area contributed by atoms with Crippen molar-refractivity contribution in [2.45, 2.75) is 18.4 Å². The van der Waals surface area contributed by atoms with Crippen LogP contribution in [0, 0.1) is 0 Å². The third-order valence-electron chi connectivity index (χ3n) is 3.44. The maximum atomic E-state index is 9.27. The summed E-state index contributed by atoms with van der Waals surface area (Å²) >= 11 is 0. The molecule has 0 radical (unpaired) electrons. The summed E-state index contributed by atoms with van der Waals surface area (Å²) in [6, 6.07) is 7.17. The molecule has 1 unspecified atom stereocenters. The highest BCUT2D eigenvalue weighted by molar-refractivity contribution is 5.48. The average molecular weight is 235 g/mol. The Bertz CT molecular complexity index is 365. The highest BCUT2D eigenvalue weighted by Crippen LogP contribution is 2.25. The van der Waals surface area contributed by atoms with Gasteiger partial charge in [0.2, 0.25) is 0 Å². The van der Waals surface area contributed by atoms with Crippen LogP contribution in [0.5, 0.6) is 5.75 Å². The van der Waals surface area contributed by atoms with Crippen LogP contribution in [0.2, 0.25) is 0 Å². The molecule has 17 heavy (non-hydrogen) atoms. The number of rotatable bonds is 3. The number of hydrogen-bond acceptors (Lipinski definition) is 4. The summed E-state index contributed by atoms with van der Waals surface area (Å²) in [6.45, 7) is 2.72. The highest BCUT2D eigenvalue weighted by atomic mass is 16.3. The van der Waals surface area contributed by atoms with Crippen LogP contribution in [0.4, 0.5) is 5.69 Å². The van der Waals surface area contributed by atoms with Crippen LogP contribution in [-0.2, 0) is 0 Å². The van der Waals surface area contributed by atoms with Crippen LogP contribution in [0.3, 0.4) is 0 Å². The summed E-state index contributed by atoms with van der Waals surface area (Å²) in [7, 11) is 2.13. The molecule has 0 aliphatic carbocycles. The lowest BCUT2D eigenvalue weighted by Crippen LogP contribution is -2.56. The molecule has 1 aliphatic rings. The van der Waals surface area contributed by atoms with Gasteiger partial charge in [-0.25, -0.2) is 0 Å². The molecule has 1 saturated heterocycles. The summed E-state index contributed by atoms with van der Waals surface area (Å²) in [5.41, 5.74) is 6.92. The predicted octanol–water partition coefficient (Wildman–Crippen LogP) is 1.23. The lowest BCUT2D eigenvalue weighted by Gasteiger charge is -2.42. The second-order valence-corrected chi connectivity index (χ2v) is 5.00. The van der Waals surface area contributed by atoms with Gasteiger partial charge in [-0.15, -0.1) is 0 Å². The van der Waals surface area contributed by atoms with Crippen molar-refractivity contribution in [3.8, 4) is 5.75 Å². The molecule has 0 aromatic heterocycles. The van der Waals surface area contributed by atoms with E-state index in [9.17, 15) is 5.11 Å². The van der Waals surface area contributed by atoms with Gasteiger partial charge in [-0.2, -0.15) is 0 Å². The van der Waals surface area contributed by atoms with Gasteiger partial charge >= 0.3 is 0 Å². The van der Waals surface area contributed by atoms with E-state index in [0.717, 1.165) is 25.2 Å². The number of piperidine rings is 1. The van der Waals surface area contributed by atoms with Crippen molar-refractivity contribution in [2.75, 3.05) is 32.0 Å². The van der Waals surface area contributed by atoms with Crippen molar-refractivity contribution in [2.24, 2.45) is 5.73 Å². The van der Waals surface area contributed by atoms with Gasteiger partial charge in [0, 0.05) is 18.8 Å². The number of phenols is 1. The van der Waals surface area contributed by atoms with Crippen molar-refractivity contribution in [3.05, 3.63) is 24.3 Å². The molecule has 0 spiro atoms. The van der Waals surface area contributed by atoms with E-state index in [2.05, 4.69) is 17.3 Å². The third-order valence-corrected chi connectivity index (χ3v) is 3.44. The molecule has 0 amide bonds. The predicted molar refractivity (Wildman–Crippen MR) is 70.2 cm³/mol. The van der Waals surface area contributed by atoms with Gasteiger partial charge in [0.05, 0.1) is 5.54 Å². The summed E-state index contributed by atoms with van der Waals surface area (Å²) in [6.07, 6.45) is 2.26. The molecule has 1 heterocycles. The van der Waals surface area contributed by atoms with Gasteiger partial charge in [-0.3, -0.25) is 0 Å². The first-order valence-electron chi connectivity index (χ1n) is 6.09. The maximum absolute atomic E-state index is 9.27. The second kappa shape index (κ2) is 4.94. The molecule has 1 atom stereocenters. The number of likely N-dealkylation sites (tertiary alicyclic amines) is 1. The maximum Gasteiger partial charge on any atom is 0.115 e. The molecular formula is C13H21N3O. The standard InChI is InChI=1S/C13H21N3O/c1-16-8-2-7-13(9-14,10-16)15-11-3-5-12(17)6-4-11/h3-6,15,17H,2,7-10,14H2,1H3. The molecule has 4 heteroatoms. The zero-order chi connectivity index (χ0) is 12.3. The number of nitrogens with one attached hydrogen (secondary N) is 1. The summed E-state index contributed by atoms with van der Waals surface area (Å²) < 4.78 is 0. The van der Waals surface area contributed by atoms with Crippen LogP contribution in [0.1, 0.15) is 12.8 Å². The van der Waals surface area contributed by atoms with Crippen LogP contribution >= 0.6 is 0 Å². The Morgan fingerprint density at radius 2 is 2.12 bits per heavy atom. The van der Waals surface area contributed by atoms with Crippen LogP contribution in [0.15, 0.2) is 24.3 Å². The van der Waals surface area contributed by atoms with Gasteiger partial charge in [0.25, 0.3) is 0 Å². The molecular weight excluding hydrogens is 214 g/mol.